The van der Waals surface area contributed by atoms with E-state index in [0.717, 1.165) is 76.7 Å². The van der Waals surface area contributed by atoms with E-state index >= 15 is 0 Å². The van der Waals surface area contributed by atoms with E-state index in [1.54, 1.807) is 12.3 Å². The molecule has 3 heteroatoms. The Bertz CT molecular complexity index is 7300. The van der Waals surface area contributed by atoms with Crippen LogP contribution in [0.5, 0.6) is 0 Å². The van der Waals surface area contributed by atoms with Crippen LogP contribution in [0.15, 0.2) is 354 Å². The van der Waals surface area contributed by atoms with Crippen LogP contribution in [0.1, 0.15) is 21.9 Å². The van der Waals surface area contributed by atoms with Gasteiger partial charge in [0.2, 0.25) is 0 Å². The minimum Gasteiger partial charge on any atom is -0.464 e. The van der Waals surface area contributed by atoms with Crippen LogP contribution in [-0.2, 0) is 0 Å². The van der Waals surface area contributed by atoms with Gasteiger partial charge >= 0.3 is 0 Å². The monoisotopic (exact) mass is 1220 g/mol. The van der Waals surface area contributed by atoms with Crippen LogP contribution in [0, 0.1) is 0 Å². The molecule has 0 radical (unpaired) electrons. The van der Waals surface area contributed by atoms with Gasteiger partial charge in [0, 0.05) is 43.7 Å². The number of hydrogen-bond donors (Lipinski definition) is 0. The van der Waals surface area contributed by atoms with Gasteiger partial charge in [0.05, 0.1) is 39.2 Å². The summed E-state index contributed by atoms with van der Waals surface area (Å²) < 4.78 is 162. The molecule has 0 saturated heterocycles. The third-order valence-electron chi connectivity index (χ3n) is 18.6. The summed E-state index contributed by atoms with van der Waals surface area (Å²) in [7, 11) is 0. The minimum absolute atomic E-state index is 0.154. The molecule has 0 aliphatic heterocycles. The molecule has 20 rings (SSSR count). The maximum absolute atomic E-state index is 9.64. The molecule has 0 N–H and O–H groups in total. The zero-order valence-electron chi connectivity index (χ0n) is 66.4. The fourth-order valence-corrected chi connectivity index (χ4v) is 14.6. The summed E-state index contributed by atoms with van der Waals surface area (Å²) in [6, 6.07) is 72.4. The first-order chi connectivity index (χ1) is 53.8. The van der Waals surface area contributed by atoms with E-state index in [0.29, 0.717) is 66.5 Å². The molecule has 3 aromatic heterocycles. The normalized spacial score (nSPS) is 14.1. The molecule has 0 spiro atoms. The average molecular weight is 1220 g/mol. The molecule has 3 heterocycles. The smallest absolute Gasteiger partial charge is 0.143 e. The largest absolute Gasteiger partial charge is 0.464 e. The van der Waals surface area contributed by atoms with E-state index in [-0.39, 0.29) is 97.0 Å². The van der Waals surface area contributed by atoms with Crippen molar-refractivity contribution >= 4 is 119 Å². The van der Waals surface area contributed by atoms with Crippen molar-refractivity contribution in [3.05, 3.63) is 346 Å². The first-order valence-electron chi connectivity index (χ1n) is 39.3. The summed E-state index contributed by atoms with van der Waals surface area (Å²) in [5.74, 6) is 0. The highest BCUT2D eigenvalue weighted by molar-refractivity contribution is 6.29. The second-order valence-electron chi connectivity index (χ2n) is 23.6. The van der Waals surface area contributed by atoms with Gasteiger partial charge in [-0.2, -0.15) is 0 Å². The van der Waals surface area contributed by atoms with Gasteiger partial charge in [-0.15, -0.1) is 0 Å². The van der Waals surface area contributed by atoms with Gasteiger partial charge in [0.15, 0.2) is 0 Å². The van der Waals surface area contributed by atoms with Crippen LogP contribution >= 0.6 is 0 Å². The second-order valence-corrected chi connectivity index (χ2v) is 23.6. The average Bonchev–Trinajstić information content (AvgIpc) is 1.14. The maximum atomic E-state index is 9.64. The Morgan fingerprint density at radius 1 is 0.263 bits per heavy atom. The molecular formula is C92H57NO2. The number of benzene rings is 17. The van der Waals surface area contributed by atoms with E-state index in [1.807, 2.05) is 194 Å². The van der Waals surface area contributed by atoms with Crippen molar-refractivity contribution in [3.63, 3.8) is 0 Å². The van der Waals surface area contributed by atoms with Gasteiger partial charge in [0.25, 0.3) is 0 Å². The van der Waals surface area contributed by atoms with Crippen molar-refractivity contribution in [2.75, 3.05) is 0 Å². The predicted molar refractivity (Wildman–Crippen MR) is 402 cm³/mol. The summed E-state index contributed by atoms with van der Waals surface area (Å²) in [5, 5.41) is 8.86. The number of fused-ring (bicyclic) bond motifs is 13. The molecule has 442 valence electrons. The molecule has 0 bridgehead atoms. The Morgan fingerprint density at radius 2 is 0.684 bits per heavy atom. The lowest BCUT2D eigenvalue weighted by Crippen LogP contribution is -1.93. The van der Waals surface area contributed by atoms with Crippen LogP contribution in [0.2, 0.25) is 0 Å². The Labute approximate surface area is 570 Å². The molecule has 3 nitrogen and oxygen atoms in total. The van der Waals surface area contributed by atoms with Crippen molar-refractivity contribution in [2.45, 2.75) is 0 Å². The minimum atomic E-state index is -0.448. The molecule has 17 aromatic carbocycles. The van der Waals surface area contributed by atoms with Gasteiger partial charge in [-0.1, -0.05) is 285 Å². The molecular weight excluding hydrogens is 1150 g/mol. The lowest BCUT2D eigenvalue weighted by Gasteiger charge is -2.19. The van der Waals surface area contributed by atoms with Crippen LogP contribution in [-0.4, -0.2) is 4.57 Å². The van der Waals surface area contributed by atoms with Crippen molar-refractivity contribution in [1.82, 2.24) is 4.57 Å². The summed E-state index contributed by atoms with van der Waals surface area (Å²) in [6.45, 7) is 0. The van der Waals surface area contributed by atoms with Crippen molar-refractivity contribution in [3.8, 4) is 72.4 Å². The van der Waals surface area contributed by atoms with Crippen molar-refractivity contribution < 1.29 is 30.8 Å². The van der Waals surface area contributed by atoms with E-state index in [9.17, 15) is 11.0 Å². The highest BCUT2D eigenvalue weighted by Crippen LogP contribution is 2.52. The maximum Gasteiger partial charge on any atom is 0.143 e. The van der Waals surface area contributed by atoms with Crippen LogP contribution in [0.25, 0.3) is 192 Å². The summed E-state index contributed by atoms with van der Waals surface area (Å²) in [5.41, 5.74) is 11.7. The molecule has 0 amide bonds. The standard InChI is InChI=1S/C54H33NO.C38H24O/c1-2-17-36(18-3-1)55-48-27-12-10-20-39(48)47-33-35(29-32-49(47)55)38-30-31-46(53-45-25-11-13-28-50(45)56-54(38)53)52-43-23-8-6-21-41(43)51(42-22-7-9-24-44(42)52)40-26-14-16-34-15-4-5-19-37(34)40;1-2-11-26(12-3-1)28-21-22-34(35-23-24-39-38(28)35)37-32-18-8-6-16-30(32)36(31-17-7-9-19-33(31)37)29-20-10-14-25-13-4-5-15-27(25)29/h1-33H;1-24H/i6D,7D,8D,9D,21D,22D,23D,24D;6D,7D,8D,9D,16D,17D,18D,19D. The number of hydrogen-bond acceptors (Lipinski definition) is 2. The van der Waals surface area contributed by atoms with E-state index < -0.39 is 48.3 Å². The quantitative estimate of drug-likeness (QED) is 0.149. The van der Waals surface area contributed by atoms with Gasteiger partial charge in [-0.25, -0.2) is 0 Å². The number of rotatable bonds is 7. The Balaban J connectivity index is 0.000000157. The number of nitrogens with zero attached hydrogens (tertiary/aromatic N) is 1. The highest BCUT2D eigenvalue weighted by Gasteiger charge is 2.25. The first-order valence-corrected chi connectivity index (χ1v) is 31.3. The third-order valence-corrected chi connectivity index (χ3v) is 18.6. The SMILES string of the molecule is [2H]c1c([2H])c([2H])c2c(-c3ccc(-c4ccc5c(c4)c4ccccc4n5-c4ccccc4)c4oc5ccccc5c34)c3c([2H])c([2H])c([2H])c([2H])c3c(-c3cccc4ccccc34)c2c1[2H].[2H]c1c([2H])c([2H])c2c(-c3ccc(-c4ccccc4)c4occc34)c3c([2H])c([2H])c([2H])c([2H])c3c(-c3cccc4ccccc34)c2c1[2H]. The second kappa shape index (κ2) is 22.1. The predicted octanol–water partition coefficient (Wildman–Crippen LogP) is 26.0. The molecule has 0 unspecified atom stereocenters. The van der Waals surface area contributed by atoms with Gasteiger partial charge in [-0.05, 0) is 175 Å². The van der Waals surface area contributed by atoms with Crippen molar-refractivity contribution in [2.24, 2.45) is 0 Å². The molecule has 0 aliphatic rings. The third kappa shape index (κ3) is 8.60. The topological polar surface area (TPSA) is 31.2 Å². The number of para-hydroxylation sites is 3. The Hall–Kier alpha value is -12.6. The molecule has 0 saturated carbocycles. The number of aromatic nitrogens is 1. The first kappa shape index (κ1) is 40.3. The highest BCUT2D eigenvalue weighted by atomic mass is 16.3. The lowest BCUT2D eigenvalue weighted by atomic mass is 9.83. The number of furan rings is 2. The Kier molecular flexibility index (Phi) is 9.38. The zero-order valence-corrected chi connectivity index (χ0v) is 50.4. The molecule has 95 heavy (non-hydrogen) atoms. The zero-order chi connectivity index (χ0) is 76.4. The fourth-order valence-electron chi connectivity index (χ4n) is 14.6. The lowest BCUT2D eigenvalue weighted by molar-refractivity contribution is 0.617. The fraction of sp³-hybridized carbons (Fsp3) is 0. The molecule has 0 atom stereocenters. The molecule has 20 aromatic rings. The van der Waals surface area contributed by atoms with Gasteiger partial charge < -0.3 is 13.4 Å². The van der Waals surface area contributed by atoms with Gasteiger partial charge in [0.1, 0.15) is 16.7 Å². The Morgan fingerprint density at radius 3 is 1.25 bits per heavy atom. The van der Waals surface area contributed by atoms with E-state index in [2.05, 4.69) is 47.0 Å². The van der Waals surface area contributed by atoms with E-state index in [4.69, 9.17) is 19.8 Å². The molecule has 0 fully saturated rings. The van der Waals surface area contributed by atoms with Crippen LogP contribution < -0.4 is 0 Å². The van der Waals surface area contributed by atoms with Crippen molar-refractivity contribution in [1.29, 1.82) is 0 Å². The summed E-state index contributed by atoms with van der Waals surface area (Å²) >= 11 is 0. The molecule has 0 aliphatic carbocycles. The van der Waals surface area contributed by atoms with Gasteiger partial charge in [-0.3, -0.25) is 0 Å². The van der Waals surface area contributed by atoms with Crippen LogP contribution in [0.4, 0.5) is 0 Å². The van der Waals surface area contributed by atoms with E-state index in [1.165, 1.54) is 0 Å². The summed E-state index contributed by atoms with van der Waals surface area (Å²) in [6.07, 6.45) is 1.56. The van der Waals surface area contributed by atoms with Crippen LogP contribution in [0.3, 0.4) is 0 Å². The summed E-state index contributed by atoms with van der Waals surface area (Å²) in [4.78, 5) is 0.